The molecule has 0 spiro atoms. The quantitative estimate of drug-likeness (QED) is 0.240. The van der Waals surface area contributed by atoms with Crippen molar-refractivity contribution in [1.82, 2.24) is 10.6 Å². The van der Waals surface area contributed by atoms with Crippen LogP contribution in [0.4, 0.5) is 0 Å². The van der Waals surface area contributed by atoms with Crippen molar-refractivity contribution in [2.45, 2.75) is 31.8 Å². The molecule has 2 amide bonds. The third-order valence-corrected chi connectivity index (χ3v) is 6.94. The minimum absolute atomic E-state index is 0.256. The maximum Gasteiger partial charge on any atom is 0.245 e. The molecular weight excluding hydrogens is 472 g/mol. The molecule has 0 fully saturated rings. The van der Waals surface area contributed by atoms with Crippen LogP contribution in [0.15, 0.2) is 78.9 Å². The molecule has 1 atom stereocenters. The molecule has 0 saturated heterocycles. The number of aliphatic hydroxyl groups excluding tert-OH is 1. The average molecular weight is 499 g/mol. The molecule has 182 valence electrons. The van der Waals surface area contributed by atoms with Crippen LogP contribution in [0.3, 0.4) is 0 Å². The molecule has 0 heterocycles. The van der Waals surface area contributed by atoms with Crippen LogP contribution in [0.25, 0.3) is 32.3 Å². The molecule has 5 aromatic rings. The van der Waals surface area contributed by atoms with Gasteiger partial charge in [0.05, 0.1) is 6.61 Å². The summed E-state index contributed by atoms with van der Waals surface area (Å²) < 4.78 is 0. The number of amides is 2. The summed E-state index contributed by atoms with van der Waals surface area (Å²) in [5, 5.41) is 23.1. The van der Waals surface area contributed by atoms with Gasteiger partial charge in [-0.2, -0.15) is 0 Å². The SMILES string of the molecule is O=C(CCCc1ccc2ccc3cccc4ccc1c2c34)NC(CO)C(=O)NCc1ccc(Cl)cc1. The van der Waals surface area contributed by atoms with E-state index in [-0.39, 0.29) is 18.9 Å². The Balaban J connectivity index is 1.20. The summed E-state index contributed by atoms with van der Waals surface area (Å²) in [5.74, 6) is -0.680. The Morgan fingerprint density at radius 3 is 2.22 bits per heavy atom. The van der Waals surface area contributed by atoms with E-state index < -0.39 is 18.6 Å². The normalized spacial score (nSPS) is 12.3. The molecule has 36 heavy (non-hydrogen) atoms. The van der Waals surface area contributed by atoms with E-state index in [1.807, 2.05) is 12.1 Å². The minimum atomic E-state index is -0.987. The number of carbonyl (C=O) groups is 2. The largest absolute Gasteiger partial charge is 0.394 e. The molecule has 0 bridgehead atoms. The zero-order chi connectivity index (χ0) is 25.1. The summed E-state index contributed by atoms with van der Waals surface area (Å²) in [6.45, 7) is -0.176. The second kappa shape index (κ2) is 10.5. The summed E-state index contributed by atoms with van der Waals surface area (Å²) in [4.78, 5) is 25.0. The Morgan fingerprint density at radius 2 is 1.50 bits per heavy atom. The molecule has 5 aromatic carbocycles. The molecule has 3 N–H and O–H groups in total. The van der Waals surface area contributed by atoms with Crippen LogP contribution in [-0.2, 0) is 22.6 Å². The molecule has 5 nitrogen and oxygen atoms in total. The second-order valence-corrected chi connectivity index (χ2v) is 9.52. The fraction of sp³-hybridized carbons (Fsp3) is 0.200. The summed E-state index contributed by atoms with van der Waals surface area (Å²) >= 11 is 5.88. The van der Waals surface area contributed by atoms with Crippen LogP contribution in [0.2, 0.25) is 5.02 Å². The van der Waals surface area contributed by atoms with Gasteiger partial charge in [-0.15, -0.1) is 0 Å². The van der Waals surface area contributed by atoms with Crippen molar-refractivity contribution in [3.63, 3.8) is 0 Å². The van der Waals surface area contributed by atoms with E-state index >= 15 is 0 Å². The Labute approximate surface area is 214 Å². The van der Waals surface area contributed by atoms with E-state index in [1.165, 1.54) is 37.9 Å². The van der Waals surface area contributed by atoms with E-state index in [2.05, 4.69) is 65.2 Å². The van der Waals surface area contributed by atoms with Crippen LogP contribution in [0.1, 0.15) is 24.0 Å². The highest BCUT2D eigenvalue weighted by atomic mass is 35.5. The molecule has 1 unspecified atom stereocenters. The van der Waals surface area contributed by atoms with Crippen molar-refractivity contribution in [3.8, 4) is 0 Å². The predicted octanol–water partition coefficient (Wildman–Crippen LogP) is 5.35. The summed E-state index contributed by atoms with van der Waals surface area (Å²) in [6.07, 6.45) is 1.65. The number of hydrogen-bond acceptors (Lipinski definition) is 3. The third kappa shape index (κ3) is 4.99. The molecule has 0 aromatic heterocycles. The molecule has 0 saturated carbocycles. The highest BCUT2D eigenvalue weighted by Crippen LogP contribution is 2.36. The lowest BCUT2D eigenvalue weighted by molar-refractivity contribution is -0.130. The van der Waals surface area contributed by atoms with Gasteiger partial charge in [-0.1, -0.05) is 78.3 Å². The number of aliphatic hydroxyl groups is 1. The highest BCUT2D eigenvalue weighted by Gasteiger charge is 2.19. The van der Waals surface area contributed by atoms with Gasteiger partial charge in [-0.25, -0.2) is 0 Å². The molecule has 6 heteroatoms. The van der Waals surface area contributed by atoms with E-state index in [9.17, 15) is 14.7 Å². The molecule has 0 aliphatic rings. The third-order valence-electron chi connectivity index (χ3n) is 6.68. The lowest BCUT2D eigenvalue weighted by Gasteiger charge is -2.17. The number of aryl methyl sites for hydroxylation is 1. The van der Waals surface area contributed by atoms with Gasteiger partial charge in [0.2, 0.25) is 11.8 Å². The smallest absolute Gasteiger partial charge is 0.245 e. The van der Waals surface area contributed by atoms with Gasteiger partial charge in [-0.3, -0.25) is 9.59 Å². The fourth-order valence-corrected chi connectivity index (χ4v) is 4.95. The molecular formula is C30H27ClN2O3. The zero-order valence-corrected chi connectivity index (χ0v) is 20.5. The van der Waals surface area contributed by atoms with E-state index in [0.717, 1.165) is 12.0 Å². The Bertz CT molecular complexity index is 1520. The van der Waals surface area contributed by atoms with Crippen LogP contribution >= 0.6 is 11.6 Å². The predicted molar refractivity (Wildman–Crippen MR) is 145 cm³/mol. The Kier molecular flexibility index (Phi) is 7.03. The van der Waals surface area contributed by atoms with E-state index in [1.54, 1.807) is 12.1 Å². The molecule has 0 aliphatic carbocycles. The van der Waals surface area contributed by atoms with Crippen molar-refractivity contribution < 1.29 is 14.7 Å². The number of carbonyl (C=O) groups excluding carboxylic acids is 2. The second-order valence-electron chi connectivity index (χ2n) is 9.08. The van der Waals surface area contributed by atoms with E-state index in [0.29, 0.717) is 11.4 Å². The van der Waals surface area contributed by atoms with Crippen molar-refractivity contribution in [2.75, 3.05) is 6.61 Å². The number of nitrogens with one attached hydrogen (secondary N) is 2. The minimum Gasteiger partial charge on any atom is -0.394 e. The molecule has 0 aliphatic heterocycles. The summed E-state index contributed by atoms with van der Waals surface area (Å²) in [5.41, 5.74) is 2.08. The first-order valence-corrected chi connectivity index (χ1v) is 12.5. The monoisotopic (exact) mass is 498 g/mol. The van der Waals surface area contributed by atoms with Gasteiger partial charge >= 0.3 is 0 Å². The zero-order valence-electron chi connectivity index (χ0n) is 19.8. The van der Waals surface area contributed by atoms with Gasteiger partial charge in [0.1, 0.15) is 6.04 Å². The Morgan fingerprint density at radius 1 is 0.833 bits per heavy atom. The standard InChI is InChI=1S/C30H27ClN2O3/c31-24-14-7-19(8-15-24)17-32-30(36)26(18-34)33-27(35)6-2-3-20-9-10-23-12-11-21-4-1-5-22-13-16-25(20)29(23)28(21)22/h1,4-5,7-16,26,34H,2-3,6,17-18H2,(H,32,36)(H,33,35). The van der Waals surface area contributed by atoms with Gasteiger partial charge in [-0.05, 0) is 68.4 Å². The van der Waals surface area contributed by atoms with Crippen LogP contribution in [0, 0.1) is 0 Å². The van der Waals surface area contributed by atoms with E-state index in [4.69, 9.17) is 11.6 Å². The number of rotatable bonds is 9. The maximum absolute atomic E-state index is 12.5. The van der Waals surface area contributed by atoms with Crippen molar-refractivity contribution >= 4 is 55.7 Å². The van der Waals surface area contributed by atoms with Crippen LogP contribution in [0.5, 0.6) is 0 Å². The first-order chi connectivity index (χ1) is 17.5. The summed E-state index contributed by atoms with van der Waals surface area (Å²) in [7, 11) is 0. The Hall–Kier alpha value is -3.67. The highest BCUT2D eigenvalue weighted by molar-refractivity contribution is 6.30. The van der Waals surface area contributed by atoms with Gasteiger partial charge < -0.3 is 15.7 Å². The van der Waals surface area contributed by atoms with Crippen molar-refractivity contribution in [3.05, 3.63) is 95.0 Å². The van der Waals surface area contributed by atoms with Gasteiger partial charge in [0.25, 0.3) is 0 Å². The van der Waals surface area contributed by atoms with Crippen LogP contribution < -0.4 is 10.6 Å². The first kappa shape index (κ1) is 24.0. The molecule has 0 radical (unpaired) electrons. The average Bonchev–Trinajstić information content (AvgIpc) is 2.90. The summed E-state index contributed by atoms with van der Waals surface area (Å²) in [6, 6.07) is 25.4. The van der Waals surface area contributed by atoms with Crippen molar-refractivity contribution in [2.24, 2.45) is 0 Å². The van der Waals surface area contributed by atoms with Crippen molar-refractivity contribution in [1.29, 1.82) is 0 Å². The maximum atomic E-state index is 12.5. The fourth-order valence-electron chi connectivity index (χ4n) is 4.83. The molecule has 5 rings (SSSR count). The number of halogens is 1. The number of hydrogen-bond donors (Lipinski definition) is 3. The first-order valence-electron chi connectivity index (χ1n) is 12.1. The van der Waals surface area contributed by atoms with Gasteiger partial charge in [0.15, 0.2) is 0 Å². The van der Waals surface area contributed by atoms with Gasteiger partial charge in [0, 0.05) is 18.0 Å². The topological polar surface area (TPSA) is 78.4 Å². The lowest BCUT2D eigenvalue weighted by atomic mass is 9.90. The lowest BCUT2D eigenvalue weighted by Crippen LogP contribution is -2.48. The van der Waals surface area contributed by atoms with Crippen LogP contribution in [-0.4, -0.2) is 29.6 Å². The number of benzene rings is 5.